The maximum absolute atomic E-state index is 14.3. The normalized spacial score (nSPS) is 16.9. The van der Waals surface area contributed by atoms with Crippen LogP contribution in [-0.4, -0.2) is 19.1 Å². The second-order valence-electron chi connectivity index (χ2n) is 6.12. The number of benzene rings is 1. The lowest BCUT2D eigenvalue weighted by Crippen LogP contribution is -2.35. The van der Waals surface area contributed by atoms with Gasteiger partial charge in [-0.1, -0.05) is 39.3 Å². The average Bonchev–Trinajstić information content (AvgIpc) is 2.45. The highest BCUT2D eigenvalue weighted by Gasteiger charge is 2.22. The lowest BCUT2D eigenvalue weighted by Gasteiger charge is -2.34. The third-order valence-electron chi connectivity index (χ3n) is 4.28. The standard InChI is InChI=1S/C17H27FN2/c1-4-14-8-10-20(11-9-14)17-15(12-19-13(2)3)6-5-7-16(17)18/h5-7,13-14,19H,4,8-12H2,1-3H3. The number of piperidine rings is 1. The van der Waals surface area contributed by atoms with Crippen molar-refractivity contribution in [1.82, 2.24) is 5.32 Å². The van der Waals surface area contributed by atoms with E-state index in [1.165, 1.54) is 19.3 Å². The molecule has 0 radical (unpaired) electrons. The van der Waals surface area contributed by atoms with E-state index < -0.39 is 0 Å². The first-order chi connectivity index (χ1) is 9.61. The molecule has 112 valence electrons. The molecule has 0 amide bonds. The Morgan fingerprint density at radius 3 is 2.60 bits per heavy atom. The number of para-hydroxylation sites is 1. The number of nitrogens with zero attached hydrogens (tertiary/aromatic N) is 1. The van der Waals surface area contributed by atoms with Crippen LogP contribution in [0.5, 0.6) is 0 Å². The number of anilines is 1. The van der Waals surface area contributed by atoms with Gasteiger partial charge in [0.25, 0.3) is 0 Å². The molecule has 0 unspecified atom stereocenters. The van der Waals surface area contributed by atoms with Crippen molar-refractivity contribution in [1.29, 1.82) is 0 Å². The molecule has 1 fully saturated rings. The van der Waals surface area contributed by atoms with Crippen molar-refractivity contribution in [3.8, 4) is 0 Å². The zero-order valence-corrected chi connectivity index (χ0v) is 13.0. The van der Waals surface area contributed by atoms with E-state index in [2.05, 4.69) is 31.0 Å². The molecule has 1 aromatic rings. The second kappa shape index (κ2) is 7.07. The third-order valence-corrected chi connectivity index (χ3v) is 4.28. The van der Waals surface area contributed by atoms with Gasteiger partial charge < -0.3 is 10.2 Å². The van der Waals surface area contributed by atoms with Crippen molar-refractivity contribution in [3.05, 3.63) is 29.6 Å². The Labute approximate surface area is 122 Å². The van der Waals surface area contributed by atoms with Crippen LogP contribution in [0.15, 0.2) is 18.2 Å². The molecule has 1 aromatic carbocycles. The summed E-state index contributed by atoms with van der Waals surface area (Å²) in [6.45, 7) is 9.18. The summed E-state index contributed by atoms with van der Waals surface area (Å²) >= 11 is 0. The average molecular weight is 278 g/mol. The number of hydrogen-bond donors (Lipinski definition) is 1. The molecule has 0 spiro atoms. The summed E-state index contributed by atoms with van der Waals surface area (Å²) in [5.74, 6) is 0.735. The van der Waals surface area contributed by atoms with Gasteiger partial charge in [-0.15, -0.1) is 0 Å². The molecule has 0 bridgehead atoms. The van der Waals surface area contributed by atoms with Crippen molar-refractivity contribution in [2.45, 2.75) is 52.6 Å². The Morgan fingerprint density at radius 2 is 2.00 bits per heavy atom. The van der Waals surface area contributed by atoms with E-state index in [1.54, 1.807) is 6.07 Å². The summed E-state index contributed by atoms with van der Waals surface area (Å²) in [6, 6.07) is 5.85. The lowest BCUT2D eigenvalue weighted by atomic mass is 9.93. The van der Waals surface area contributed by atoms with Gasteiger partial charge in [0.2, 0.25) is 0 Å². The van der Waals surface area contributed by atoms with Crippen LogP contribution in [0, 0.1) is 11.7 Å². The van der Waals surface area contributed by atoms with Gasteiger partial charge in [0.15, 0.2) is 0 Å². The highest BCUT2D eigenvalue weighted by Crippen LogP contribution is 2.30. The molecule has 1 saturated heterocycles. The molecule has 0 aliphatic carbocycles. The van der Waals surface area contributed by atoms with E-state index in [0.29, 0.717) is 6.04 Å². The SMILES string of the molecule is CCC1CCN(c2c(F)cccc2CNC(C)C)CC1. The maximum Gasteiger partial charge on any atom is 0.146 e. The zero-order chi connectivity index (χ0) is 14.5. The van der Waals surface area contributed by atoms with E-state index >= 15 is 0 Å². The van der Waals surface area contributed by atoms with Gasteiger partial charge in [0, 0.05) is 25.7 Å². The predicted molar refractivity (Wildman–Crippen MR) is 83.6 cm³/mol. The molecule has 2 nitrogen and oxygen atoms in total. The van der Waals surface area contributed by atoms with E-state index in [-0.39, 0.29) is 5.82 Å². The van der Waals surface area contributed by atoms with Crippen LogP contribution in [-0.2, 0) is 6.54 Å². The van der Waals surface area contributed by atoms with Gasteiger partial charge >= 0.3 is 0 Å². The highest BCUT2D eigenvalue weighted by molar-refractivity contribution is 5.55. The second-order valence-corrected chi connectivity index (χ2v) is 6.12. The first kappa shape index (κ1) is 15.3. The fourth-order valence-corrected chi connectivity index (χ4v) is 2.94. The van der Waals surface area contributed by atoms with Crippen LogP contribution in [0.25, 0.3) is 0 Å². The Bertz CT molecular complexity index is 423. The molecular formula is C17H27FN2. The smallest absolute Gasteiger partial charge is 0.146 e. The lowest BCUT2D eigenvalue weighted by molar-refractivity contribution is 0.392. The predicted octanol–water partition coefficient (Wildman–Crippen LogP) is 3.95. The molecule has 3 heteroatoms. The molecule has 2 rings (SSSR count). The molecule has 1 N–H and O–H groups in total. The molecule has 0 atom stereocenters. The first-order valence-corrected chi connectivity index (χ1v) is 7.87. The summed E-state index contributed by atoms with van der Waals surface area (Å²) in [5, 5.41) is 3.40. The molecule has 1 aliphatic rings. The van der Waals surface area contributed by atoms with Crippen LogP contribution < -0.4 is 10.2 Å². The van der Waals surface area contributed by atoms with Crippen molar-refractivity contribution < 1.29 is 4.39 Å². The third kappa shape index (κ3) is 3.72. The van der Waals surface area contributed by atoms with Crippen molar-refractivity contribution in [2.75, 3.05) is 18.0 Å². The molecule has 0 saturated carbocycles. The van der Waals surface area contributed by atoms with E-state index in [4.69, 9.17) is 0 Å². The molecule has 1 heterocycles. The van der Waals surface area contributed by atoms with Crippen molar-refractivity contribution in [3.63, 3.8) is 0 Å². The Hall–Kier alpha value is -1.09. The summed E-state index contributed by atoms with van der Waals surface area (Å²) in [6.07, 6.45) is 3.61. The van der Waals surface area contributed by atoms with E-state index in [9.17, 15) is 4.39 Å². The first-order valence-electron chi connectivity index (χ1n) is 7.87. The maximum atomic E-state index is 14.3. The Balaban J connectivity index is 2.13. The minimum Gasteiger partial charge on any atom is -0.369 e. The molecule has 0 aromatic heterocycles. The Kier molecular flexibility index (Phi) is 5.41. The van der Waals surface area contributed by atoms with Gasteiger partial charge in [0.1, 0.15) is 5.82 Å². The van der Waals surface area contributed by atoms with Crippen LogP contribution >= 0.6 is 0 Å². The highest BCUT2D eigenvalue weighted by atomic mass is 19.1. The number of hydrogen-bond acceptors (Lipinski definition) is 2. The molecule has 1 aliphatic heterocycles. The molecular weight excluding hydrogens is 251 g/mol. The van der Waals surface area contributed by atoms with Crippen molar-refractivity contribution >= 4 is 5.69 Å². The Morgan fingerprint density at radius 1 is 1.30 bits per heavy atom. The minimum atomic E-state index is -0.0806. The quantitative estimate of drug-likeness (QED) is 0.877. The summed E-state index contributed by atoms with van der Waals surface area (Å²) in [5.41, 5.74) is 1.89. The van der Waals surface area contributed by atoms with Gasteiger partial charge in [-0.2, -0.15) is 0 Å². The largest absolute Gasteiger partial charge is 0.369 e. The molecule has 20 heavy (non-hydrogen) atoms. The van der Waals surface area contributed by atoms with Crippen LogP contribution in [0.1, 0.15) is 45.6 Å². The number of nitrogens with one attached hydrogen (secondary N) is 1. The summed E-state index contributed by atoms with van der Waals surface area (Å²) in [7, 11) is 0. The monoisotopic (exact) mass is 278 g/mol. The number of halogens is 1. The van der Waals surface area contributed by atoms with Gasteiger partial charge in [-0.25, -0.2) is 4.39 Å². The van der Waals surface area contributed by atoms with Crippen LogP contribution in [0.4, 0.5) is 10.1 Å². The number of rotatable bonds is 5. The van der Waals surface area contributed by atoms with Gasteiger partial charge in [-0.3, -0.25) is 0 Å². The topological polar surface area (TPSA) is 15.3 Å². The fraction of sp³-hybridized carbons (Fsp3) is 0.647. The minimum absolute atomic E-state index is 0.0806. The van der Waals surface area contributed by atoms with Gasteiger partial charge in [0.05, 0.1) is 5.69 Å². The van der Waals surface area contributed by atoms with Crippen molar-refractivity contribution in [2.24, 2.45) is 5.92 Å². The fourth-order valence-electron chi connectivity index (χ4n) is 2.94. The van der Waals surface area contributed by atoms with E-state index in [1.807, 2.05) is 12.1 Å². The summed E-state index contributed by atoms with van der Waals surface area (Å²) in [4.78, 5) is 2.23. The van der Waals surface area contributed by atoms with Gasteiger partial charge in [-0.05, 0) is 30.4 Å². The summed E-state index contributed by atoms with van der Waals surface area (Å²) < 4.78 is 14.3. The van der Waals surface area contributed by atoms with Crippen LogP contribution in [0.2, 0.25) is 0 Å². The van der Waals surface area contributed by atoms with Crippen LogP contribution in [0.3, 0.4) is 0 Å². The van der Waals surface area contributed by atoms with E-state index in [0.717, 1.165) is 36.8 Å². The zero-order valence-electron chi connectivity index (χ0n) is 13.0.